The normalized spacial score (nSPS) is 15.8. The summed E-state index contributed by atoms with van der Waals surface area (Å²) in [5.74, 6) is 1.08. The highest BCUT2D eigenvalue weighted by molar-refractivity contribution is 5.94. The second-order valence-corrected chi connectivity index (χ2v) is 5.98. The van der Waals surface area contributed by atoms with Gasteiger partial charge in [0.25, 0.3) is 5.91 Å². The van der Waals surface area contributed by atoms with E-state index in [1.54, 1.807) is 18.5 Å². The zero-order valence-electron chi connectivity index (χ0n) is 13.3. The van der Waals surface area contributed by atoms with Crippen molar-refractivity contribution in [2.24, 2.45) is 5.92 Å². The number of rotatable bonds is 4. The molecule has 0 N–H and O–H groups in total. The van der Waals surface area contributed by atoms with Crippen LogP contribution in [0.15, 0.2) is 30.6 Å². The van der Waals surface area contributed by atoms with Crippen molar-refractivity contribution in [1.29, 1.82) is 0 Å². The van der Waals surface area contributed by atoms with Crippen LogP contribution in [0.2, 0.25) is 0 Å². The summed E-state index contributed by atoms with van der Waals surface area (Å²) in [7, 11) is 0. The predicted molar refractivity (Wildman–Crippen MR) is 84.4 cm³/mol. The Morgan fingerprint density at radius 1 is 1.35 bits per heavy atom. The van der Waals surface area contributed by atoms with Crippen LogP contribution in [0.25, 0.3) is 0 Å². The molecule has 23 heavy (non-hydrogen) atoms. The van der Waals surface area contributed by atoms with E-state index in [9.17, 15) is 9.18 Å². The van der Waals surface area contributed by atoms with Gasteiger partial charge in [0.05, 0.1) is 0 Å². The van der Waals surface area contributed by atoms with Gasteiger partial charge in [-0.2, -0.15) is 0 Å². The molecule has 6 heteroatoms. The summed E-state index contributed by atoms with van der Waals surface area (Å²) in [6.07, 6.45) is 4.54. The third kappa shape index (κ3) is 3.57. The van der Waals surface area contributed by atoms with Gasteiger partial charge in [0.15, 0.2) is 0 Å². The number of benzene rings is 1. The standard InChI is InChI=1S/C17H21FN4O/c1-2-21-12-19-20-16(21)10-13-6-8-22(9-7-13)17(23)14-4-3-5-15(18)11-14/h3-5,11-13H,2,6-10H2,1H3. The third-order valence-corrected chi connectivity index (χ3v) is 4.48. The molecular weight excluding hydrogens is 295 g/mol. The molecule has 0 unspecified atom stereocenters. The zero-order chi connectivity index (χ0) is 16.2. The van der Waals surface area contributed by atoms with Crippen molar-refractivity contribution in [2.45, 2.75) is 32.7 Å². The van der Waals surface area contributed by atoms with Gasteiger partial charge in [0.2, 0.25) is 0 Å². The predicted octanol–water partition coefficient (Wildman–Crippen LogP) is 2.53. The molecule has 1 aliphatic rings. The smallest absolute Gasteiger partial charge is 0.253 e. The van der Waals surface area contributed by atoms with Gasteiger partial charge in [-0.15, -0.1) is 10.2 Å². The molecule has 0 radical (unpaired) electrons. The Labute approximate surface area is 135 Å². The lowest BCUT2D eigenvalue weighted by molar-refractivity contribution is 0.0689. The number of halogens is 1. The number of hydrogen-bond donors (Lipinski definition) is 0. The fourth-order valence-corrected chi connectivity index (χ4v) is 3.10. The summed E-state index contributed by atoms with van der Waals surface area (Å²) < 4.78 is 15.3. The monoisotopic (exact) mass is 316 g/mol. The molecule has 1 aliphatic heterocycles. The van der Waals surface area contributed by atoms with Crippen molar-refractivity contribution < 1.29 is 9.18 Å². The molecule has 0 aliphatic carbocycles. The molecule has 1 saturated heterocycles. The van der Waals surface area contributed by atoms with E-state index in [1.165, 1.54) is 12.1 Å². The minimum atomic E-state index is -0.371. The topological polar surface area (TPSA) is 51.0 Å². The molecule has 0 atom stereocenters. The van der Waals surface area contributed by atoms with Crippen molar-refractivity contribution >= 4 is 5.91 Å². The van der Waals surface area contributed by atoms with Crippen molar-refractivity contribution in [1.82, 2.24) is 19.7 Å². The van der Waals surface area contributed by atoms with Gasteiger partial charge in [-0.3, -0.25) is 4.79 Å². The van der Waals surface area contributed by atoms with Crippen LogP contribution in [0.5, 0.6) is 0 Å². The molecule has 1 aromatic heterocycles. The lowest BCUT2D eigenvalue weighted by Gasteiger charge is -2.32. The Hall–Kier alpha value is -2.24. The summed E-state index contributed by atoms with van der Waals surface area (Å²) >= 11 is 0. The maximum atomic E-state index is 13.3. The lowest BCUT2D eigenvalue weighted by Crippen LogP contribution is -2.39. The summed E-state index contributed by atoms with van der Waals surface area (Å²) in [4.78, 5) is 14.2. The molecule has 122 valence electrons. The number of likely N-dealkylation sites (tertiary alicyclic amines) is 1. The number of carbonyl (C=O) groups is 1. The number of piperidine rings is 1. The fourth-order valence-electron chi connectivity index (χ4n) is 3.10. The van der Waals surface area contributed by atoms with E-state index in [1.807, 2.05) is 4.90 Å². The Bertz CT molecular complexity index is 677. The van der Waals surface area contributed by atoms with E-state index in [-0.39, 0.29) is 11.7 Å². The van der Waals surface area contributed by atoms with Crippen LogP contribution in [0.4, 0.5) is 4.39 Å². The summed E-state index contributed by atoms with van der Waals surface area (Å²) in [6, 6.07) is 5.90. The van der Waals surface area contributed by atoms with Crippen molar-refractivity contribution in [3.8, 4) is 0 Å². The Morgan fingerprint density at radius 2 is 2.13 bits per heavy atom. The van der Waals surface area contributed by atoms with Crippen LogP contribution in [0.3, 0.4) is 0 Å². The number of amides is 1. The van der Waals surface area contributed by atoms with Crippen LogP contribution in [-0.4, -0.2) is 38.7 Å². The van der Waals surface area contributed by atoms with Crippen LogP contribution in [0.1, 0.15) is 35.9 Å². The van der Waals surface area contributed by atoms with Crippen LogP contribution >= 0.6 is 0 Å². The maximum Gasteiger partial charge on any atom is 0.253 e. The molecule has 2 aromatic rings. The first kappa shape index (κ1) is 15.6. The molecule has 0 saturated carbocycles. The zero-order valence-corrected chi connectivity index (χ0v) is 13.3. The van der Waals surface area contributed by atoms with E-state index in [4.69, 9.17) is 0 Å². The van der Waals surface area contributed by atoms with Crippen molar-refractivity contribution in [3.05, 3.63) is 47.8 Å². The first-order valence-corrected chi connectivity index (χ1v) is 8.09. The van der Waals surface area contributed by atoms with E-state index in [2.05, 4.69) is 21.7 Å². The molecule has 1 fully saturated rings. The van der Waals surface area contributed by atoms with Gasteiger partial charge >= 0.3 is 0 Å². The first-order valence-electron chi connectivity index (χ1n) is 8.09. The highest BCUT2D eigenvalue weighted by atomic mass is 19.1. The van der Waals surface area contributed by atoms with Gasteiger partial charge in [-0.05, 0) is 43.9 Å². The number of aromatic nitrogens is 3. The van der Waals surface area contributed by atoms with Crippen LogP contribution < -0.4 is 0 Å². The van der Waals surface area contributed by atoms with Gasteiger partial charge in [-0.25, -0.2) is 4.39 Å². The highest BCUT2D eigenvalue weighted by Gasteiger charge is 2.25. The molecular formula is C17H21FN4O. The number of hydrogen-bond acceptors (Lipinski definition) is 3. The molecule has 0 spiro atoms. The maximum absolute atomic E-state index is 13.3. The summed E-state index contributed by atoms with van der Waals surface area (Å²) in [5, 5.41) is 8.15. The van der Waals surface area contributed by atoms with Gasteiger partial charge in [0, 0.05) is 31.6 Å². The molecule has 1 aromatic carbocycles. The van der Waals surface area contributed by atoms with E-state index < -0.39 is 0 Å². The largest absolute Gasteiger partial charge is 0.339 e. The highest BCUT2D eigenvalue weighted by Crippen LogP contribution is 2.22. The second-order valence-electron chi connectivity index (χ2n) is 5.98. The number of nitrogens with zero attached hydrogens (tertiary/aromatic N) is 4. The Kier molecular flexibility index (Phi) is 4.69. The Balaban J connectivity index is 1.57. The number of aryl methyl sites for hydroxylation is 1. The molecule has 2 heterocycles. The molecule has 5 nitrogen and oxygen atoms in total. The van der Waals surface area contributed by atoms with Crippen molar-refractivity contribution in [3.63, 3.8) is 0 Å². The lowest BCUT2D eigenvalue weighted by atomic mass is 9.93. The minimum absolute atomic E-state index is 0.0836. The first-order chi connectivity index (χ1) is 11.2. The van der Waals surface area contributed by atoms with Crippen molar-refractivity contribution in [2.75, 3.05) is 13.1 Å². The quantitative estimate of drug-likeness (QED) is 0.871. The van der Waals surface area contributed by atoms with Crippen LogP contribution in [0, 0.1) is 11.7 Å². The molecule has 0 bridgehead atoms. The average molecular weight is 316 g/mol. The SMILES string of the molecule is CCn1cnnc1CC1CCN(C(=O)c2cccc(F)c2)CC1. The van der Waals surface area contributed by atoms with Crippen LogP contribution in [-0.2, 0) is 13.0 Å². The minimum Gasteiger partial charge on any atom is -0.339 e. The Morgan fingerprint density at radius 3 is 2.83 bits per heavy atom. The van der Waals surface area contributed by atoms with E-state index in [0.717, 1.165) is 31.6 Å². The summed E-state index contributed by atoms with van der Waals surface area (Å²) in [6.45, 7) is 4.37. The average Bonchev–Trinajstić information content (AvgIpc) is 3.02. The molecule has 3 rings (SSSR count). The third-order valence-electron chi connectivity index (χ3n) is 4.48. The van der Waals surface area contributed by atoms with Gasteiger partial charge in [0.1, 0.15) is 18.0 Å². The molecule has 1 amide bonds. The van der Waals surface area contributed by atoms with Gasteiger partial charge in [-0.1, -0.05) is 6.07 Å². The van der Waals surface area contributed by atoms with E-state index in [0.29, 0.717) is 24.6 Å². The second kappa shape index (κ2) is 6.89. The van der Waals surface area contributed by atoms with Gasteiger partial charge < -0.3 is 9.47 Å². The summed E-state index contributed by atoms with van der Waals surface area (Å²) in [5.41, 5.74) is 0.425. The number of carbonyl (C=O) groups excluding carboxylic acids is 1. The fraction of sp³-hybridized carbons (Fsp3) is 0.471. The van der Waals surface area contributed by atoms with E-state index >= 15 is 0 Å².